The highest BCUT2D eigenvalue weighted by molar-refractivity contribution is 5.96. The predicted octanol–water partition coefficient (Wildman–Crippen LogP) is 2.29. The average Bonchev–Trinajstić information content (AvgIpc) is 2.46. The van der Waals surface area contributed by atoms with Crippen molar-refractivity contribution in [2.24, 2.45) is 0 Å². The van der Waals surface area contributed by atoms with Crippen LogP contribution in [0.5, 0.6) is 5.75 Å². The smallest absolute Gasteiger partial charge is 0.254 e. The zero-order valence-corrected chi connectivity index (χ0v) is 11.8. The van der Waals surface area contributed by atoms with Gasteiger partial charge in [0.05, 0.1) is 20.3 Å². The van der Waals surface area contributed by atoms with Gasteiger partial charge in [0.1, 0.15) is 5.75 Å². The van der Waals surface area contributed by atoms with E-state index in [1.165, 1.54) is 0 Å². The van der Waals surface area contributed by atoms with Crippen LogP contribution in [-0.2, 0) is 4.74 Å². The van der Waals surface area contributed by atoms with E-state index in [9.17, 15) is 4.79 Å². The van der Waals surface area contributed by atoms with Gasteiger partial charge < -0.3 is 14.4 Å². The van der Waals surface area contributed by atoms with Crippen LogP contribution < -0.4 is 4.74 Å². The maximum Gasteiger partial charge on any atom is 0.254 e. The molecule has 0 unspecified atom stereocenters. The van der Waals surface area contributed by atoms with E-state index < -0.39 is 0 Å². The van der Waals surface area contributed by atoms with Crippen LogP contribution in [0.25, 0.3) is 0 Å². The van der Waals surface area contributed by atoms with Crippen LogP contribution >= 0.6 is 0 Å². The van der Waals surface area contributed by atoms with Gasteiger partial charge in [0.2, 0.25) is 0 Å². The van der Waals surface area contributed by atoms with E-state index in [0.29, 0.717) is 26.3 Å². The summed E-state index contributed by atoms with van der Waals surface area (Å²) in [5.74, 6) is 1.11. The van der Waals surface area contributed by atoms with Crippen LogP contribution in [0.3, 0.4) is 0 Å². The fourth-order valence-corrected chi connectivity index (χ4v) is 2.44. The molecule has 4 nitrogen and oxygen atoms in total. The van der Waals surface area contributed by atoms with Gasteiger partial charge in [0.25, 0.3) is 5.91 Å². The molecule has 1 aromatic carbocycles. The Hall–Kier alpha value is -1.55. The second-order valence-electron chi connectivity index (χ2n) is 4.98. The summed E-state index contributed by atoms with van der Waals surface area (Å²) in [6, 6.07) is 5.67. The Morgan fingerprint density at radius 2 is 2.00 bits per heavy atom. The number of hydrogen-bond donors (Lipinski definition) is 0. The third-order valence-corrected chi connectivity index (χ3v) is 3.39. The third kappa shape index (κ3) is 2.89. The Morgan fingerprint density at radius 1 is 1.32 bits per heavy atom. The third-order valence-electron chi connectivity index (χ3n) is 3.39. The summed E-state index contributed by atoms with van der Waals surface area (Å²) < 4.78 is 10.7. The lowest BCUT2D eigenvalue weighted by Gasteiger charge is -2.28. The molecule has 0 aromatic heterocycles. The lowest BCUT2D eigenvalue weighted by atomic mass is 9.95. The SMILES string of the molecule is COc1cccc(C(=O)N2CCOCC2)c1C(C)C. The molecule has 1 saturated heterocycles. The minimum Gasteiger partial charge on any atom is -0.496 e. The molecule has 1 aliphatic heterocycles. The Bertz CT molecular complexity index is 451. The summed E-state index contributed by atoms with van der Waals surface area (Å²) in [5.41, 5.74) is 1.73. The number of morpholine rings is 1. The number of amides is 1. The lowest BCUT2D eigenvalue weighted by Crippen LogP contribution is -2.41. The van der Waals surface area contributed by atoms with Crippen LogP contribution in [-0.4, -0.2) is 44.2 Å². The maximum atomic E-state index is 12.6. The number of nitrogens with zero attached hydrogens (tertiary/aromatic N) is 1. The fourth-order valence-electron chi connectivity index (χ4n) is 2.44. The average molecular weight is 263 g/mol. The molecule has 0 N–H and O–H groups in total. The highest BCUT2D eigenvalue weighted by Gasteiger charge is 2.23. The molecule has 0 saturated carbocycles. The molecular formula is C15H21NO3. The molecule has 1 heterocycles. The standard InChI is InChI=1S/C15H21NO3/c1-11(2)14-12(5-4-6-13(14)18-3)15(17)16-7-9-19-10-8-16/h4-6,11H,7-10H2,1-3H3. The Labute approximate surface area is 114 Å². The molecular weight excluding hydrogens is 242 g/mol. The van der Waals surface area contributed by atoms with Crippen LogP contribution in [0.2, 0.25) is 0 Å². The van der Waals surface area contributed by atoms with Crippen LogP contribution in [0.4, 0.5) is 0 Å². The highest BCUT2D eigenvalue weighted by Crippen LogP contribution is 2.30. The molecule has 0 atom stereocenters. The minimum absolute atomic E-state index is 0.0749. The van der Waals surface area contributed by atoms with Crippen LogP contribution in [0.15, 0.2) is 18.2 Å². The fraction of sp³-hybridized carbons (Fsp3) is 0.533. The molecule has 2 rings (SSSR count). The number of hydrogen-bond acceptors (Lipinski definition) is 3. The number of rotatable bonds is 3. The first-order valence-electron chi connectivity index (χ1n) is 6.69. The van der Waals surface area contributed by atoms with Crippen molar-refractivity contribution in [2.45, 2.75) is 19.8 Å². The summed E-state index contributed by atoms with van der Waals surface area (Å²) in [5, 5.41) is 0. The normalized spacial score (nSPS) is 15.7. The van der Waals surface area contributed by atoms with Crippen molar-refractivity contribution in [2.75, 3.05) is 33.4 Å². The van der Waals surface area contributed by atoms with Crippen molar-refractivity contribution in [3.63, 3.8) is 0 Å². The second-order valence-corrected chi connectivity index (χ2v) is 4.98. The van der Waals surface area contributed by atoms with Gasteiger partial charge in [0, 0.05) is 24.2 Å². The molecule has 4 heteroatoms. The highest BCUT2D eigenvalue weighted by atomic mass is 16.5. The van der Waals surface area contributed by atoms with E-state index in [4.69, 9.17) is 9.47 Å². The number of methoxy groups -OCH3 is 1. The Kier molecular flexibility index (Phi) is 4.43. The monoisotopic (exact) mass is 263 g/mol. The molecule has 104 valence electrons. The van der Waals surface area contributed by atoms with Gasteiger partial charge in [-0.15, -0.1) is 0 Å². The number of benzene rings is 1. The predicted molar refractivity (Wildman–Crippen MR) is 73.8 cm³/mol. The molecule has 0 aliphatic carbocycles. The van der Waals surface area contributed by atoms with Gasteiger partial charge in [-0.25, -0.2) is 0 Å². The summed E-state index contributed by atoms with van der Waals surface area (Å²) in [6.45, 7) is 6.71. The molecule has 0 bridgehead atoms. The Balaban J connectivity index is 2.35. The van der Waals surface area contributed by atoms with E-state index in [-0.39, 0.29) is 11.8 Å². The lowest BCUT2D eigenvalue weighted by molar-refractivity contribution is 0.0301. The number of carbonyl (C=O) groups is 1. The van der Waals surface area contributed by atoms with Gasteiger partial charge in [-0.1, -0.05) is 19.9 Å². The van der Waals surface area contributed by atoms with Gasteiger partial charge in [0.15, 0.2) is 0 Å². The molecule has 0 radical (unpaired) electrons. The largest absolute Gasteiger partial charge is 0.496 e. The van der Waals surface area contributed by atoms with Crippen molar-refractivity contribution in [1.29, 1.82) is 0 Å². The van der Waals surface area contributed by atoms with Crippen molar-refractivity contribution in [1.82, 2.24) is 4.90 Å². The van der Waals surface area contributed by atoms with Gasteiger partial charge in [-0.05, 0) is 18.1 Å². The molecule has 1 amide bonds. The molecule has 1 fully saturated rings. The summed E-state index contributed by atoms with van der Waals surface area (Å²) in [6.07, 6.45) is 0. The van der Waals surface area contributed by atoms with E-state index >= 15 is 0 Å². The molecule has 1 aromatic rings. The van der Waals surface area contributed by atoms with Gasteiger partial charge in [-0.2, -0.15) is 0 Å². The number of ether oxygens (including phenoxy) is 2. The van der Waals surface area contributed by atoms with E-state index in [0.717, 1.165) is 16.9 Å². The maximum absolute atomic E-state index is 12.6. The van der Waals surface area contributed by atoms with E-state index in [1.807, 2.05) is 23.1 Å². The quantitative estimate of drug-likeness (QED) is 0.840. The minimum atomic E-state index is 0.0749. The van der Waals surface area contributed by atoms with Crippen molar-refractivity contribution >= 4 is 5.91 Å². The van der Waals surface area contributed by atoms with Crippen LogP contribution in [0.1, 0.15) is 35.7 Å². The van der Waals surface area contributed by atoms with Gasteiger partial charge in [-0.3, -0.25) is 4.79 Å². The van der Waals surface area contributed by atoms with Crippen molar-refractivity contribution < 1.29 is 14.3 Å². The first-order valence-corrected chi connectivity index (χ1v) is 6.69. The summed E-state index contributed by atoms with van der Waals surface area (Å²) in [4.78, 5) is 14.5. The molecule has 1 aliphatic rings. The van der Waals surface area contributed by atoms with E-state index in [1.54, 1.807) is 7.11 Å². The second kappa shape index (κ2) is 6.06. The van der Waals surface area contributed by atoms with Crippen LogP contribution in [0, 0.1) is 0 Å². The zero-order valence-electron chi connectivity index (χ0n) is 11.8. The summed E-state index contributed by atoms with van der Waals surface area (Å²) >= 11 is 0. The zero-order chi connectivity index (χ0) is 13.8. The number of carbonyl (C=O) groups excluding carboxylic acids is 1. The molecule has 19 heavy (non-hydrogen) atoms. The first kappa shape index (κ1) is 13.9. The topological polar surface area (TPSA) is 38.8 Å². The van der Waals surface area contributed by atoms with Crippen molar-refractivity contribution in [3.8, 4) is 5.75 Å². The molecule has 0 spiro atoms. The van der Waals surface area contributed by atoms with Gasteiger partial charge >= 0.3 is 0 Å². The summed E-state index contributed by atoms with van der Waals surface area (Å²) in [7, 11) is 1.64. The first-order chi connectivity index (χ1) is 9.15. The van der Waals surface area contributed by atoms with E-state index in [2.05, 4.69) is 13.8 Å². The van der Waals surface area contributed by atoms with Crippen molar-refractivity contribution in [3.05, 3.63) is 29.3 Å². The Morgan fingerprint density at radius 3 is 2.58 bits per heavy atom.